The molecule has 3 aromatic rings. The Hall–Kier alpha value is -3.40. The van der Waals surface area contributed by atoms with Crippen LogP contribution in [0.2, 0.25) is 0 Å². The summed E-state index contributed by atoms with van der Waals surface area (Å²) in [4.78, 5) is 17.9. The Morgan fingerprint density at radius 3 is 2.20 bits per heavy atom. The van der Waals surface area contributed by atoms with Crippen LogP contribution >= 0.6 is 0 Å². The number of aliphatic hydroxyl groups excluding tert-OH is 1. The van der Waals surface area contributed by atoms with Crippen molar-refractivity contribution in [1.82, 2.24) is 5.32 Å². The first-order chi connectivity index (χ1) is 19.9. The Balaban J connectivity index is 1.14. The average Bonchev–Trinajstić information content (AvgIpc) is 3.49. The maximum absolute atomic E-state index is 12.9. The van der Waals surface area contributed by atoms with Gasteiger partial charge in [-0.05, 0) is 78.4 Å². The number of ether oxygens (including phenoxy) is 1. The second-order valence-corrected chi connectivity index (χ2v) is 13.1. The van der Waals surface area contributed by atoms with Crippen LogP contribution in [0.15, 0.2) is 77.7 Å². The third-order valence-corrected chi connectivity index (χ3v) is 9.88. The maximum Gasteiger partial charge on any atom is 0.251 e. The van der Waals surface area contributed by atoms with Gasteiger partial charge >= 0.3 is 0 Å². The van der Waals surface area contributed by atoms with E-state index in [0.29, 0.717) is 17.0 Å². The number of hydrogen-bond acceptors (Lipinski definition) is 7. The quantitative estimate of drug-likeness (QED) is 0.378. The highest BCUT2D eigenvalue weighted by molar-refractivity contribution is 7.91. The first-order valence-electron chi connectivity index (χ1n) is 14.4. The fourth-order valence-corrected chi connectivity index (χ4v) is 6.49. The lowest BCUT2D eigenvalue weighted by atomic mass is 9.98. The van der Waals surface area contributed by atoms with E-state index in [0.717, 1.165) is 57.9 Å². The number of sulfone groups is 1. The molecule has 1 amide bonds. The molecule has 2 fully saturated rings. The monoisotopic (exact) mass is 577 g/mol. The summed E-state index contributed by atoms with van der Waals surface area (Å²) in [7, 11) is -3.31. The number of nitrogens with one attached hydrogen (secondary N) is 1. The zero-order valence-electron chi connectivity index (χ0n) is 23.5. The fraction of sp³-hybridized carbons (Fsp3) is 0.406. The molecule has 218 valence electrons. The van der Waals surface area contributed by atoms with Gasteiger partial charge in [-0.25, -0.2) is 8.42 Å². The topological polar surface area (TPSA) is 99.2 Å². The normalized spacial score (nSPS) is 18.3. The van der Waals surface area contributed by atoms with Crippen molar-refractivity contribution in [2.75, 3.05) is 61.6 Å². The highest BCUT2D eigenvalue weighted by Crippen LogP contribution is 2.28. The smallest absolute Gasteiger partial charge is 0.251 e. The van der Waals surface area contributed by atoms with Crippen molar-refractivity contribution in [3.63, 3.8) is 0 Å². The number of amides is 1. The molecule has 2 N–H and O–H groups in total. The van der Waals surface area contributed by atoms with Gasteiger partial charge < -0.3 is 25.0 Å². The summed E-state index contributed by atoms with van der Waals surface area (Å²) in [6.07, 6.45) is 2.18. The van der Waals surface area contributed by atoms with Crippen LogP contribution in [-0.4, -0.2) is 71.2 Å². The molecule has 5 rings (SSSR count). The van der Waals surface area contributed by atoms with E-state index in [4.69, 9.17) is 4.74 Å². The summed E-state index contributed by atoms with van der Waals surface area (Å²) in [6.45, 7) is 6.73. The number of nitrogens with zero attached hydrogens (tertiary/aromatic N) is 2. The van der Waals surface area contributed by atoms with Crippen LogP contribution in [0.3, 0.4) is 0 Å². The SMILES string of the molecule is CCS(=O)(=O)c1ccc([C@H](CO)NC(=O)c2ccc(N3CC[C@@H](Cc4ccc(N5CCOCC5)cc4)C3)cc2)cc1. The molecule has 2 aliphatic rings. The van der Waals surface area contributed by atoms with Gasteiger partial charge in [0, 0.05) is 43.1 Å². The average molecular weight is 578 g/mol. The number of hydrogen-bond donors (Lipinski definition) is 2. The van der Waals surface area contributed by atoms with E-state index < -0.39 is 15.9 Å². The van der Waals surface area contributed by atoms with Crippen molar-refractivity contribution < 1.29 is 23.1 Å². The van der Waals surface area contributed by atoms with Gasteiger partial charge in [0.25, 0.3) is 5.91 Å². The lowest BCUT2D eigenvalue weighted by Crippen LogP contribution is -2.36. The van der Waals surface area contributed by atoms with Crippen LogP contribution in [0.25, 0.3) is 0 Å². The highest BCUT2D eigenvalue weighted by Gasteiger charge is 2.24. The summed E-state index contributed by atoms with van der Waals surface area (Å²) in [5.74, 6) is 0.307. The largest absolute Gasteiger partial charge is 0.394 e. The molecular formula is C32H39N3O5S. The minimum atomic E-state index is -3.31. The summed E-state index contributed by atoms with van der Waals surface area (Å²) in [6, 6.07) is 22.2. The molecule has 2 heterocycles. The van der Waals surface area contributed by atoms with Gasteiger partial charge in [0.1, 0.15) is 0 Å². The lowest BCUT2D eigenvalue weighted by molar-refractivity contribution is 0.0916. The third kappa shape index (κ3) is 7.09. The Bertz CT molecular complexity index is 1400. The number of rotatable bonds is 10. The Morgan fingerprint density at radius 1 is 0.927 bits per heavy atom. The minimum absolute atomic E-state index is 0.0180. The summed E-state index contributed by atoms with van der Waals surface area (Å²) >= 11 is 0. The van der Waals surface area contributed by atoms with Gasteiger partial charge in [-0.1, -0.05) is 31.2 Å². The molecule has 0 aliphatic carbocycles. The molecule has 0 spiro atoms. The Kier molecular flexibility index (Phi) is 9.27. The second kappa shape index (κ2) is 13.1. The predicted octanol–water partition coefficient (Wildman–Crippen LogP) is 3.85. The summed E-state index contributed by atoms with van der Waals surface area (Å²) in [5, 5.41) is 12.8. The third-order valence-electron chi connectivity index (χ3n) is 8.13. The molecule has 2 atom stereocenters. The van der Waals surface area contributed by atoms with Crippen LogP contribution in [0.1, 0.15) is 40.9 Å². The molecule has 41 heavy (non-hydrogen) atoms. The second-order valence-electron chi connectivity index (χ2n) is 10.8. The van der Waals surface area contributed by atoms with E-state index in [1.54, 1.807) is 19.1 Å². The van der Waals surface area contributed by atoms with E-state index in [-0.39, 0.29) is 23.2 Å². The molecular weight excluding hydrogens is 538 g/mol. The number of morpholine rings is 1. The Labute approximate surface area is 242 Å². The van der Waals surface area contributed by atoms with Crippen molar-refractivity contribution in [3.8, 4) is 0 Å². The van der Waals surface area contributed by atoms with Crippen LogP contribution in [0.4, 0.5) is 11.4 Å². The van der Waals surface area contributed by atoms with Gasteiger partial charge in [0.05, 0.1) is 36.5 Å². The molecule has 0 radical (unpaired) electrons. The van der Waals surface area contributed by atoms with Crippen LogP contribution in [0.5, 0.6) is 0 Å². The number of aliphatic hydroxyl groups is 1. The zero-order valence-corrected chi connectivity index (χ0v) is 24.4. The molecule has 0 aromatic heterocycles. The summed E-state index contributed by atoms with van der Waals surface area (Å²) < 4.78 is 29.6. The number of carbonyl (C=O) groups excluding carboxylic acids is 1. The number of anilines is 2. The Morgan fingerprint density at radius 2 is 1.56 bits per heavy atom. The van der Waals surface area contributed by atoms with E-state index in [9.17, 15) is 18.3 Å². The van der Waals surface area contributed by atoms with Crippen LogP contribution in [0, 0.1) is 5.92 Å². The number of carbonyl (C=O) groups is 1. The first kappa shape index (κ1) is 29.1. The van der Waals surface area contributed by atoms with Gasteiger partial charge in [0.2, 0.25) is 0 Å². The molecule has 8 nitrogen and oxygen atoms in total. The predicted molar refractivity (Wildman–Crippen MR) is 161 cm³/mol. The molecule has 3 aromatic carbocycles. The van der Waals surface area contributed by atoms with Crippen LogP contribution in [-0.2, 0) is 21.0 Å². The van der Waals surface area contributed by atoms with Crippen molar-refractivity contribution in [2.45, 2.75) is 30.7 Å². The van der Waals surface area contributed by atoms with E-state index in [2.05, 4.69) is 39.4 Å². The van der Waals surface area contributed by atoms with Crippen molar-refractivity contribution in [3.05, 3.63) is 89.5 Å². The van der Waals surface area contributed by atoms with Crippen LogP contribution < -0.4 is 15.1 Å². The molecule has 2 aliphatic heterocycles. The van der Waals surface area contributed by atoms with Gasteiger partial charge in [-0.15, -0.1) is 0 Å². The number of benzene rings is 3. The molecule has 2 saturated heterocycles. The maximum atomic E-state index is 12.9. The van der Waals surface area contributed by atoms with E-state index >= 15 is 0 Å². The molecule has 0 unspecified atom stereocenters. The lowest BCUT2D eigenvalue weighted by Gasteiger charge is -2.29. The fourth-order valence-electron chi connectivity index (χ4n) is 5.61. The van der Waals surface area contributed by atoms with Crippen molar-refractivity contribution >= 4 is 27.1 Å². The standard InChI is InChI=1S/C32H39N3O5S/c1-2-41(38,39)30-13-7-26(8-14-30)31(23-36)33-32(37)27-5-11-29(12-6-27)35-16-15-25(22-35)21-24-3-9-28(10-4-24)34-17-19-40-20-18-34/h3-14,25,31,36H,2,15-23H2,1H3,(H,33,37)/t25-,31-/m0/s1. The van der Waals surface area contributed by atoms with Gasteiger partial charge in [0.15, 0.2) is 9.84 Å². The van der Waals surface area contributed by atoms with Gasteiger partial charge in [-0.2, -0.15) is 0 Å². The molecule has 9 heteroatoms. The minimum Gasteiger partial charge on any atom is -0.394 e. The van der Waals surface area contributed by atoms with Crippen molar-refractivity contribution in [1.29, 1.82) is 0 Å². The molecule has 0 saturated carbocycles. The summed E-state index contributed by atoms with van der Waals surface area (Å²) in [5.41, 5.74) is 4.87. The van der Waals surface area contributed by atoms with E-state index in [1.165, 1.54) is 23.4 Å². The van der Waals surface area contributed by atoms with E-state index in [1.807, 2.05) is 24.3 Å². The first-order valence-corrected chi connectivity index (χ1v) is 16.0. The van der Waals surface area contributed by atoms with Gasteiger partial charge in [-0.3, -0.25) is 4.79 Å². The zero-order chi connectivity index (χ0) is 28.8. The molecule has 0 bridgehead atoms. The highest BCUT2D eigenvalue weighted by atomic mass is 32.2. The van der Waals surface area contributed by atoms with Crippen molar-refractivity contribution in [2.24, 2.45) is 5.92 Å².